The highest BCUT2D eigenvalue weighted by Gasteiger charge is 2.26. The Bertz CT molecular complexity index is 807. The summed E-state index contributed by atoms with van der Waals surface area (Å²) >= 11 is 0. The van der Waals surface area contributed by atoms with Crippen molar-refractivity contribution in [1.29, 1.82) is 0 Å². The van der Waals surface area contributed by atoms with Crippen molar-refractivity contribution < 1.29 is 20.1 Å². The Balaban J connectivity index is 3.43. The van der Waals surface area contributed by atoms with Crippen molar-refractivity contribution in [3.63, 3.8) is 0 Å². The van der Waals surface area contributed by atoms with Gasteiger partial charge < -0.3 is 20.6 Å². The number of rotatable bonds is 52. The van der Waals surface area contributed by atoms with Crippen molar-refractivity contribution in [2.24, 2.45) is 0 Å². The Morgan fingerprint density at radius 2 is 0.567 bits per heavy atom. The molecule has 0 aliphatic rings. The van der Waals surface area contributed by atoms with Gasteiger partial charge in [-0.15, -0.1) is 0 Å². The molecule has 5 nitrogen and oxygen atoms in total. The second-order valence-corrected chi connectivity index (χ2v) is 19.5. The summed E-state index contributed by atoms with van der Waals surface area (Å²) in [4.78, 5) is 12.5. The minimum Gasteiger partial charge on any atom is -0.394 e. The predicted molar refractivity (Wildman–Crippen MR) is 264 cm³/mol. The number of carbonyl (C=O) groups is 1. The normalized spacial score (nSPS) is 13.2. The zero-order chi connectivity index (χ0) is 43.7. The van der Waals surface area contributed by atoms with Crippen LogP contribution in [0.4, 0.5) is 0 Å². The Labute approximate surface area is 377 Å². The van der Waals surface area contributed by atoms with Crippen LogP contribution < -0.4 is 5.32 Å². The molecule has 360 valence electrons. The summed E-state index contributed by atoms with van der Waals surface area (Å²) in [7, 11) is 0. The molecular weight excluding hydrogens is 739 g/mol. The Morgan fingerprint density at radius 3 is 0.800 bits per heavy atom. The van der Waals surface area contributed by atoms with Crippen LogP contribution in [-0.2, 0) is 4.79 Å². The van der Waals surface area contributed by atoms with Crippen molar-refractivity contribution in [3.05, 3.63) is 0 Å². The van der Waals surface area contributed by atoms with Gasteiger partial charge in [-0.1, -0.05) is 303 Å². The van der Waals surface area contributed by atoms with E-state index in [9.17, 15) is 20.1 Å². The van der Waals surface area contributed by atoms with Gasteiger partial charge in [0.2, 0.25) is 5.91 Å². The lowest BCUT2D eigenvalue weighted by Gasteiger charge is -2.26. The van der Waals surface area contributed by atoms with Crippen molar-refractivity contribution in [3.8, 4) is 0 Å². The molecule has 0 aromatic carbocycles. The highest BCUT2D eigenvalue weighted by molar-refractivity contribution is 5.76. The van der Waals surface area contributed by atoms with E-state index in [1.54, 1.807) is 0 Å². The van der Waals surface area contributed by atoms with Crippen molar-refractivity contribution in [2.45, 2.75) is 340 Å². The summed E-state index contributed by atoms with van der Waals surface area (Å²) in [6.45, 7) is 4.21. The average molecular weight is 850 g/mol. The molecule has 0 heterocycles. The molecule has 0 saturated carbocycles. The quantitative estimate of drug-likeness (QED) is 0.0459. The SMILES string of the molecule is CCCCCCCCCCCCCCCCCCCCCCCCCCCCCCCCCCC(=O)NC(CO)C(O)C(O)CCCCCCCCCCCCCCCC. The molecule has 0 aromatic heterocycles. The van der Waals surface area contributed by atoms with Gasteiger partial charge in [-0.2, -0.15) is 0 Å². The predicted octanol–water partition coefficient (Wildman–Crippen LogP) is 16.9. The molecule has 5 heteroatoms. The first-order valence-corrected chi connectivity index (χ1v) is 27.8. The molecule has 0 bridgehead atoms. The fourth-order valence-electron chi connectivity index (χ4n) is 9.17. The van der Waals surface area contributed by atoms with Crippen molar-refractivity contribution in [2.75, 3.05) is 6.61 Å². The van der Waals surface area contributed by atoms with Crippen molar-refractivity contribution >= 4 is 5.91 Å². The zero-order valence-electron chi connectivity index (χ0n) is 41.1. The second-order valence-electron chi connectivity index (χ2n) is 19.5. The van der Waals surface area contributed by atoms with E-state index in [4.69, 9.17) is 0 Å². The molecular formula is C55H111NO4. The number of amides is 1. The second kappa shape index (κ2) is 51.0. The maximum absolute atomic E-state index is 12.5. The number of carbonyl (C=O) groups excluding carboxylic acids is 1. The van der Waals surface area contributed by atoms with Crippen LogP contribution in [0.15, 0.2) is 0 Å². The summed E-state index contributed by atoms with van der Waals surface area (Å²) in [5.41, 5.74) is 0. The molecule has 0 aromatic rings. The fraction of sp³-hybridized carbons (Fsp3) is 0.982. The standard InChI is InChI=1S/C55H111NO4/c1-3-5-7-9-11-13-15-17-19-20-21-22-23-24-25-26-27-28-29-30-31-32-33-34-35-36-38-40-42-44-46-48-50-54(59)56-52(51-57)55(60)53(58)49-47-45-43-41-39-37-18-16-14-12-10-8-6-4-2/h52-53,55,57-58,60H,3-51H2,1-2H3,(H,56,59). The third-order valence-corrected chi connectivity index (χ3v) is 13.5. The largest absolute Gasteiger partial charge is 0.394 e. The van der Waals surface area contributed by atoms with Crippen LogP contribution in [0.1, 0.15) is 322 Å². The summed E-state index contributed by atoms with van der Waals surface area (Å²) < 4.78 is 0. The van der Waals surface area contributed by atoms with E-state index in [-0.39, 0.29) is 12.5 Å². The van der Waals surface area contributed by atoms with Crippen LogP contribution in [-0.4, -0.2) is 46.1 Å². The minimum absolute atomic E-state index is 0.137. The highest BCUT2D eigenvalue weighted by atomic mass is 16.3. The van der Waals surface area contributed by atoms with E-state index in [2.05, 4.69) is 19.2 Å². The number of nitrogens with one attached hydrogen (secondary N) is 1. The van der Waals surface area contributed by atoms with E-state index in [0.717, 1.165) is 32.1 Å². The molecule has 1 amide bonds. The van der Waals surface area contributed by atoms with E-state index >= 15 is 0 Å². The zero-order valence-corrected chi connectivity index (χ0v) is 41.1. The minimum atomic E-state index is -1.13. The van der Waals surface area contributed by atoms with E-state index in [1.165, 1.54) is 263 Å². The van der Waals surface area contributed by atoms with Crippen molar-refractivity contribution in [1.82, 2.24) is 5.32 Å². The Kier molecular flexibility index (Phi) is 50.4. The number of hydrogen-bond donors (Lipinski definition) is 4. The van der Waals surface area contributed by atoms with Gasteiger partial charge in [-0.05, 0) is 12.8 Å². The van der Waals surface area contributed by atoms with E-state index in [1.807, 2.05) is 0 Å². The maximum Gasteiger partial charge on any atom is 0.220 e. The molecule has 3 unspecified atom stereocenters. The Hall–Kier alpha value is -0.650. The van der Waals surface area contributed by atoms with Crippen LogP contribution >= 0.6 is 0 Å². The molecule has 3 atom stereocenters. The molecule has 60 heavy (non-hydrogen) atoms. The van der Waals surface area contributed by atoms with Gasteiger partial charge in [0.25, 0.3) is 0 Å². The number of aliphatic hydroxyl groups excluding tert-OH is 3. The lowest BCUT2D eigenvalue weighted by atomic mass is 9.99. The van der Waals surface area contributed by atoms with Gasteiger partial charge in [0.15, 0.2) is 0 Å². The lowest BCUT2D eigenvalue weighted by Crippen LogP contribution is -2.50. The topological polar surface area (TPSA) is 89.8 Å². The molecule has 0 rings (SSSR count). The molecule has 0 aliphatic heterocycles. The summed E-state index contributed by atoms with van der Waals surface area (Å²) in [6, 6.07) is -0.803. The van der Waals surface area contributed by atoms with Crippen LogP contribution in [0.2, 0.25) is 0 Å². The monoisotopic (exact) mass is 850 g/mol. The van der Waals surface area contributed by atoms with E-state index < -0.39 is 18.2 Å². The summed E-state index contributed by atoms with van der Waals surface area (Å²) in [6.07, 6.45) is 61.2. The first-order chi connectivity index (χ1) is 29.6. The molecule has 0 saturated heterocycles. The lowest BCUT2D eigenvalue weighted by molar-refractivity contribution is -0.124. The third kappa shape index (κ3) is 45.4. The van der Waals surface area contributed by atoms with Gasteiger partial charge in [-0.25, -0.2) is 0 Å². The van der Waals surface area contributed by atoms with Gasteiger partial charge in [0, 0.05) is 6.42 Å². The van der Waals surface area contributed by atoms with E-state index in [0.29, 0.717) is 12.8 Å². The number of hydrogen-bond acceptors (Lipinski definition) is 4. The molecule has 0 fully saturated rings. The molecule has 0 aliphatic carbocycles. The summed E-state index contributed by atoms with van der Waals surface area (Å²) in [5, 5.41) is 33.7. The van der Waals surface area contributed by atoms with Gasteiger partial charge in [0.1, 0.15) is 6.10 Å². The fourth-order valence-corrected chi connectivity index (χ4v) is 9.17. The third-order valence-electron chi connectivity index (χ3n) is 13.5. The van der Waals surface area contributed by atoms with Crippen LogP contribution in [0.25, 0.3) is 0 Å². The average Bonchev–Trinajstić information content (AvgIpc) is 3.25. The van der Waals surface area contributed by atoms with Crippen LogP contribution in [0, 0.1) is 0 Å². The molecule has 4 N–H and O–H groups in total. The Morgan fingerprint density at radius 1 is 0.350 bits per heavy atom. The van der Waals surface area contributed by atoms with Gasteiger partial charge in [-0.3, -0.25) is 4.79 Å². The highest BCUT2D eigenvalue weighted by Crippen LogP contribution is 2.19. The number of unbranched alkanes of at least 4 members (excludes halogenated alkanes) is 44. The van der Waals surface area contributed by atoms with Crippen LogP contribution in [0.3, 0.4) is 0 Å². The molecule has 0 radical (unpaired) electrons. The van der Waals surface area contributed by atoms with Gasteiger partial charge >= 0.3 is 0 Å². The van der Waals surface area contributed by atoms with Crippen LogP contribution in [0.5, 0.6) is 0 Å². The smallest absolute Gasteiger partial charge is 0.220 e. The first-order valence-electron chi connectivity index (χ1n) is 27.8. The summed E-state index contributed by atoms with van der Waals surface area (Å²) in [5.74, 6) is -0.137. The maximum atomic E-state index is 12.5. The van der Waals surface area contributed by atoms with Gasteiger partial charge in [0.05, 0.1) is 18.8 Å². The number of aliphatic hydroxyl groups is 3. The first kappa shape index (κ1) is 59.4. The molecule has 0 spiro atoms.